The SMILES string of the molecule is Cn1ccc(NC(=O)C(CCC(=O)O)NC(=O)OCC2c3ccccc3-c3ccccc32)n1. The fourth-order valence-electron chi connectivity index (χ4n) is 4.01. The molecule has 4 rings (SSSR count). The summed E-state index contributed by atoms with van der Waals surface area (Å²) in [4.78, 5) is 36.2. The highest BCUT2D eigenvalue weighted by Gasteiger charge is 2.30. The molecule has 3 aromatic rings. The number of aryl methyl sites for hydroxylation is 1. The zero-order valence-corrected chi connectivity index (χ0v) is 18.0. The number of carboxylic acids is 1. The molecule has 0 bridgehead atoms. The van der Waals surface area contributed by atoms with E-state index in [-0.39, 0.29) is 25.4 Å². The van der Waals surface area contributed by atoms with Gasteiger partial charge in [-0.25, -0.2) is 4.79 Å². The highest BCUT2D eigenvalue weighted by molar-refractivity contribution is 5.96. The Bertz CT molecular complexity index is 1140. The third-order valence-corrected chi connectivity index (χ3v) is 5.56. The van der Waals surface area contributed by atoms with Gasteiger partial charge in [0.05, 0.1) is 0 Å². The zero-order valence-electron chi connectivity index (χ0n) is 18.0. The van der Waals surface area contributed by atoms with Crippen LogP contribution in [0.25, 0.3) is 11.1 Å². The number of benzene rings is 2. The Morgan fingerprint density at radius 3 is 2.27 bits per heavy atom. The number of aromatic nitrogens is 2. The maximum absolute atomic E-state index is 12.6. The van der Waals surface area contributed by atoms with Crippen molar-refractivity contribution in [1.29, 1.82) is 0 Å². The van der Waals surface area contributed by atoms with Gasteiger partial charge in [-0.1, -0.05) is 48.5 Å². The second-order valence-corrected chi connectivity index (χ2v) is 7.82. The van der Waals surface area contributed by atoms with E-state index in [9.17, 15) is 14.4 Å². The summed E-state index contributed by atoms with van der Waals surface area (Å²) < 4.78 is 7.00. The van der Waals surface area contributed by atoms with Crippen LogP contribution in [0.5, 0.6) is 0 Å². The van der Waals surface area contributed by atoms with Crippen molar-refractivity contribution in [3.8, 4) is 11.1 Å². The summed E-state index contributed by atoms with van der Waals surface area (Å²) in [6, 6.07) is 16.4. The molecule has 2 aromatic carbocycles. The van der Waals surface area contributed by atoms with Crippen molar-refractivity contribution in [2.45, 2.75) is 24.8 Å². The molecule has 0 fully saturated rings. The van der Waals surface area contributed by atoms with Crippen LogP contribution in [0.15, 0.2) is 60.8 Å². The van der Waals surface area contributed by atoms with Gasteiger partial charge >= 0.3 is 12.1 Å². The Kier molecular flexibility index (Phi) is 6.39. The van der Waals surface area contributed by atoms with E-state index in [0.717, 1.165) is 22.3 Å². The highest BCUT2D eigenvalue weighted by atomic mass is 16.5. The topological polar surface area (TPSA) is 123 Å². The molecule has 0 saturated carbocycles. The minimum atomic E-state index is -1.08. The molecule has 1 aromatic heterocycles. The van der Waals surface area contributed by atoms with Crippen molar-refractivity contribution >= 4 is 23.8 Å². The van der Waals surface area contributed by atoms with Crippen molar-refractivity contribution in [2.75, 3.05) is 11.9 Å². The number of hydrogen-bond donors (Lipinski definition) is 3. The van der Waals surface area contributed by atoms with Crippen molar-refractivity contribution in [3.05, 3.63) is 71.9 Å². The molecule has 9 heteroatoms. The summed E-state index contributed by atoms with van der Waals surface area (Å²) in [7, 11) is 1.70. The third-order valence-electron chi connectivity index (χ3n) is 5.56. The van der Waals surface area contributed by atoms with E-state index in [0.29, 0.717) is 5.82 Å². The molecule has 2 amide bonds. The molecular weight excluding hydrogens is 424 g/mol. The van der Waals surface area contributed by atoms with Crippen molar-refractivity contribution < 1.29 is 24.2 Å². The van der Waals surface area contributed by atoms with Gasteiger partial charge in [-0.3, -0.25) is 14.3 Å². The molecule has 0 aliphatic heterocycles. The molecule has 0 radical (unpaired) electrons. The number of amides is 2. The van der Waals surface area contributed by atoms with Gasteiger partial charge in [0.2, 0.25) is 5.91 Å². The first-order valence-electron chi connectivity index (χ1n) is 10.6. The number of aliphatic carboxylic acids is 1. The van der Waals surface area contributed by atoms with Crippen LogP contribution in [0.4, 0.5) is 10.6 Å². The number of rotatable bonds is 8. The van der Waals surface area contributed by atoms with E-state index in [4.69, 9.17) is 9.84 Å². The fraction of sp³-hybridized carbons (Fsp3) is 0.250. The van der Waals surface area contributed by atoms with Gasteiger partial charge in [0.25, 0.3) is 0 Å². The van der Waals surface area contributed by atoms with Crippen molar-refractivity contribution in [2.24, 2.45) is 7.05 Å². The van der Waals surface area contributed by atoms with Crippen molar-refractivity contribution in [1.82, 2.24) is 15.1 Å². The highest BCUT2D eigenvalue weighted by Crippen LogP contribution is 2.44. The zero-order chi connectivity index (χ0) is 23.4. The van der Waals surface area contributed by atoms with Crippen LogP contribution in [-0.2, 0) is 21.4 Å². The van der Waals surface area contributed by atoms with E-state index in [2.05, 4.69) is 15.7 Å². The average Bonchev–Trinajstić information content (AvgIpc) is 3.35. The Balaban J connectivity index is 1.42. The molecule has 1 aliphatic carbocycles. The molecule has 1 aliphatic rings. The predicted octanol–water partition coefficient (Wildman–Crippen LogP) is 3.13. The van der Waals surface area contributed by atoms with Crippen LogP contribution in [0.1, 0.15) is 29.9 Å². The molecule has 1 unspecified atom stereocenters. The van der Waals surface area contributed by atoms with Crippen molar-refractivity contribution in [3.63, 3.8) is 0 Å². The molecule has 1 heterocycles. The lowest BCUT2D eigenvalue weighted by Gasteiger charge is -2.19. The Labute approximate surface area is 190 Å². The van der Waals surface area contributed by atoms with Crippen LogP contribution in [0.2, 0.25) is 0 Å². The Morgan fingerprint density at radius 1 is 1.06 bits per heavy atom. The Morgan fingerprint density at radius 2 is 1.70 bits per heavy atom. The largest absolute Gasteiger partial charge is 0.481 e. The van der Waals surface area contributed by atoms with E-state index < -0.39 is 24.0 Å². The van der Waals surface area contributed by atoms with E-state index in [1.165, 1.54) is 4.68 Å². The lowest BCUT2D eigenvalue weighted by Crippen LogP contribution is -2.44. The fourth-order valence-corrected chi connectivity index (χ4v) is 4.01. The van der Waals surface area contributed by atoms with Gasteiger partial charge in [-0.15, -0.1) is 0 Å². The lowest BCUT2D eigenvalue weighted by molar-refractivity contribution is -0.137. The summed E-state index contributed by atoms with van der Waals surface area (Å²) >= 11 is 0. The number of hydrogen-bond acceptors (Lipinski definition) is 5. The summed E-state index contributed by atoms with van der Waals surface area (Å²) in [6.45, 7) is 0.0906. The minimum absolute atomic E-state index is 0.0851. The molecule has 9 nitrogen and oxygen atoms in total. The first-order valence-corrected chi connectivity index (χ1v) is 10.6. The minimum Gasteiger partial charge on any atom is -0.481 e. The quantitative estimate of drug-likeness (QED) is 0.487. The molecule has 0 spiro atoms. The number of nitrogens with zero attached hydrogens (tertiary/aromatic N) is 2. The lowest BCUT2D eigenvalue weighted by atomic mass is 9.98. The van der Waals surface area contributed by atoms with E-state index in [1.807, 2.05) is 48.5 Å². The molecule has 0 saturated heterocycles. The summed E-state index contributed by atoms with van der Waals surface area (Å²) in [5.41, 5.74) is 4.36. The Hall–Kier alpha value is -4.14. The summed E-state index contributed by atoms with van der Waals surface area (Å²) in [5.74, 6) is -1.46. The standard InChI is InChI=1S/C24H24N4O5/c1-28-13-12-21(27-28)26-23(31)20(10-11-22(29)30)25-24(32)33-14-19-17-8-4-2-6-15(17)16-7-3-5-9-18(16)19/h2-9,12-13,19-20H,10-11,14H2,1H3,(H,25,32)(H,29,30)(H,26,27,31). The maximum Gasteiger partial charge on any atom is 0.407 e. The smallest absolute Gasteiger partial charge is 0.407 e. The van der Waals surface area contributed by atoms with Crippen LogP contribution in [0, 0.1) is 0 Å². The van der Waals surface area contributed by atoms with Crippen LogP contribution in [0.3, 0.4) is 0 Å². The number of anilines is 1. The number of carbonyl (C=O) groups excluding carboxylic acids is 2. The monoisotopic (exact) mass is 448 g/mol. The molecule has 3 N–H and O–H groups in total. The molecular formula is C24H24N4O5. The van der Waals surface area contributed by atoms with E-state index in [1.54, 1.807) is 19.3 Å². The number of ether oxygens (including phenoxy) is 1. The van der Waals surface area contributed by atoms with E-state index >= 15 is 0 Å². The number of alkyl carbamates (subject to hydrolysis) is 1. The number of carboxylic acid groups (broad SMARTS) is 1. The predicted molar refractivity (Wildman–Crippen MR) is 121 cm³/mol. The third kappa shape index (κ3) is 5.03. The van der Waals surface area contributed by atoms with Crippen LogP contribution >= 0.6 is 0 Å². The van der Waals surface area contributed by atoms with Gasteiger partial charge in [0, 0.05) is 31.6 Å². The second-order valence-electron chi connectivity index (χ2n) is 7.82. The van der Waals surface area contributed by atoms with Gasteiger partial charge < -0.3 is 20.5 Å². The maximum atomic E-state index is 12.6. The van der Waals surface area contributed by atoms with Crippen LogP contribution < -0.4 is 10.6 Å². The van der Waals surface area contributed by atoms with Gasteiger partial charge in [-0.2, -0.15) is 5.10 Å². The average molecular weight is 448 g/mol. The number of nitrogens with one attached hydrogen (secondary N) is 2. The van der Waals surface area contributed by atoms with Gasteiger partial charge in [-0.05, 0) is 28.7 Å². The van der Waals surface area contributed by atoms with Gasteiger partial charge in [0.15, 0.2) is 5.82 Å². The molecule has 33 heavy (non-hydrogen) atoms. The second kappa shape index (κ2) is 9.56. The number of fused-ring (bicyclic) bond motifs is 3. The summed E-state index contributed by atoms with van der Waals surface area (Å²) in [6.07, 6.45) is 0.492. The normalized spacial score (nSPS) is 13.0. The summed E-state index contributed by atoms with van der Waals surface area (Å²) in [5, 5.41) is 18.2. The van der Waals surface area contributed by atoms with Crippen LogP contribution in [-0.4, -0.2) is 45.5 Å². The first kappa shape index (κ1) is 22.1. The first-order chi connectivity index (χ1) is 15.9. The molecule has 1 atom stereocenters. The number of carbonyl (C=O) groups is 3. The van der Waals surface area contributed by atoms with Gasteiger partial charge in [0.1, 0.15) is 12.6 Å². The molecule has 170 valence electrons.